The van der Waals surface area contributed by atoms with Gasteiger partial charge in [0.2, 0.25) is 5.95 Å². The maximum absolute atomic E-state index is 13.5. The number of nitrogens with zero attached hydrogens (tertiary/aromatic N) is 2. The highest BCUT2D eigenvalue weighted by atomic mass is 19.1. The van der Waals surface area contributed by atoms with E-state index in [0.29, 0.717) is 44.0 Å². The molecule has 2 aromatic rings. The smallest absolute Gasteiger partial charge is 0.222 e. The van der Waals surface area contributed by atoms with Gasteiger partial charge in [0.05, 0.1) is 0 Å². The zero-order valence-corrected chi connectivity index (χ0v) is 15.0. The molecule has 3 N–H and O–H groups in total. The number of nitrogens with one attached hydrogen (secondary N) is 1. The molecule has 2 heterocycles. The van der Waals surface area contributed by atoms with Gasteiger partial charge in [0.25, 0.3) is 0 Å². The molecule has 0 spiro atoms. The highest BCUT2D eigenvalue weighted by Crippen LogP contribution is 2.30. The monoisotopic (exact) mass is 358 g/mol. The number of anilines is 2. The zero-order valence-electron chi connectivity index (χ0n) is 15.0. The van der Waals surface area contributed by atoms with Crippen LogP contribution in [-0.4, -0.2) is 34.5 Å². The fourth-order valence-electron chi connectivity index (χ4n) is 3.30. The Morgan fingerprint density at radius 3 is 2.73 bits per heavy atom. The van der Waals surface area contributed by atoms with Crippen molar-refractivity contribution < 1.29 is 13.9 Å². The van der Waals surface area contributed by atoms with Gasteiger partial charge in [0.15, 0.2) is 5.78 Å². The van der Waals surface area contributed by atoms with Crippen molar-refractivity contribution in [1.29, 1.82) is 0 Å². The molecule has 0 radical (unpaired) electrons. The number of carbonyl (C=O) groups excluding carboxylic acids is 1. The Morgan fingerprint density at radius 1 is 1.35 bits per heavy atom. The number of benzene rings is 1. The number of carbonyl (C=O) groups is 1. The van der Waals surface area contributed by atoms with E-state index in [9.17, 15) is 9.18 Å². The van der Waals surface area contributed by atoms with Gasteiger partial charge in [-0.05, 0) is 31.5 Å². The second-order valence-electron chi connectivity index (χ2n) is 6.68. The molecule has 7 heteroatoms. The molecule has 1 aliphatic rings. The SMILES string of the molecule is CC(=O)C1(Nc2nc(N)nc(C)c2Cc2cccc(F)c2)CCOCC1. The van der Waals surface area contributed by atoms with E-state index in [1.807, 2.05) is 13.0 Å². The third kappa shape index (κ3) is 3.83. The third-order valence-corrected chi connectivity index (χ3v) is 4.88. The normalized spacial score (nSPS) is 16.3. The molecule has 0 aliphatic carbocycles. The van der Waals surface area contributed by atoms with Gasteiger partial charge in [-0.15, -0.1) is 0 Å². The van der Waals surface area contributed by atoms with Crippen LogP contribution in [0, 0.1) is 12.7 Å². The van der Waals surface area contributed by atoms with Gasteiger partial charge < -0.3 is 15.8 Å². The van der Waals surface area contributed by atoms with E-state index in [1.165, 1.54) is 12.1 Å². The van der Waals surface area contributed by atoms with Crippen molar-refractivity contribution in [3.8, 4) is 0 Å². The Balaban J connectivity index is 1.99. The average molecular weight is 358 g/mol. The molecule has 0 amide bonds. The van der Waals surface area contributed by atoms with Gasteiger partial charge >= 0.3 is 0 Å². The van der Waals surface area contributed by atoms with Crippen LogP contribution in [0.5, 0.6) is 0 Å². The van der Waals surface area contributed by atoms with E-state index < -0.39 is 5.54 Å². The van der Waals surface area contributed by atoms with Crippen molar-refractivity contribution in [2.24, 2.45) is 0 Å². The predicted molar refractivity (Wildman–Crippen MR) is 97.5 cm³/mol. The lowest BCUT2D eigenvalue weighted by Gasteiger charge is -2.36. The van der Waals surface area contributed by atoms with E-state index in [1.54, 1.807) is 13.0 Å². The topological polar surface area (TPSA) is 90.1 Å². The van der Waals surface area contributed by atoms with Crippen LogP contribution in [0.15, 0.2) is 24.3 Å². The molecular weight excluding hydrogens is 335 g/mol. The summed E-state index contributed by atoms with van der Waals surface area (Å²) in [7, 11) is 0. The number of nitrogens with two attached hydrogens (primary N) is 1. The molecular formula is C19H23FN4O2. The second-order valence-corrected chi connectivity index (χ2v) is 6.68. The van der Waals surface area contributed by atoms with Gasteiger partial charge in [-0.2, -0.15) is 4.98 Å². The Kier molecular flexibility index (Phi) is 5.18. The Labute approximate surface area is 152 Å². The highest BCUT2D eigenvalue weighted by Gasteiger charge is 2.38. The van der Waals surface area contributed by atoms with Crippen molar-refractivity contribution in [3.05, 3.63) is 46.9 Å². The number of halogens is 1. The maximum atomic E-state index is 13.5. The quantitative estimate of drug-likeness (QED) is 0.854. The molecule has 0 saturated carbocycles. The van der Waals surface area contributed by atoms with E-state index >= 15 is 0 Å². The van der Waals surface area contributed by atoms with E-state index in [2.05, 4.69) is 15.3 Å². The molecule has 0 atom stereocenters. The van der Waals surface area contributed by atoms with Crippen molar-refractivity contribution in [1.82, 2.24) is 9.97 Å². The first kappa shape index (κ1) is 18.3. The van der Waals surface area contributed by atoms with Crippen LogP contribution in [0.3, 0.4) is 0 Å². The molecule has 1 aromatic carbocycles. The lowest BCUT2D eigenvalue weighted by atomic mass is 9.86. The average Bonchev–Trinajstić information content (AvgIpc) is 2.59. The number of nitrogen functional groups attached to an aromatic ring is 1. The first-order valence-electron chi connectivity index (χ1n) is 8.64. The maximum Gasteiger partial charge on any atom is 0.222 e. The molecule has 6 nitrogen and oxygen atoms in total. The molecule has 138 valence electrons. The summed E-state index contributed by atoms with van der Waals surface area (Å²) in [5, 5.41) is 3.32. The first-order chi connectivity index (χ1) is 12.4. The number of aryl methyl sites for hydroxylation is 1. The fraction of sp³-hybridized carbons (Fsp3) is 0.421. The lowest BCUT2D eigenvalue weighted by Crippen LogP contribution is -2.50. The van der Waals surface area contributed by atoms with Crippen molar-refractivity contribution in [3.63, 3.8) is 0 Å². The van der Waals surface area contributed by atoms with E-state index in [-0.39, 0.29) is 17.5 Å². The zero-order chi connectivity index (χ0) is 18.7. The minimum Gasteiger partial charge on any atom is -0.381 e. The van der Waals surface area contributed by atoms with Crippen LogP contribution in [-0.2, 0) is 16.0 Å². The summed E-state index contributed by atoms with van der Waals surface area (Å²) >= 11 is 0. The predicted octanol–water partition coefficient (Wildman–Crippen LogP) is 2.65. The standard InChI is InChI=1S/C19H23FN4O2/c1-12-16(11-14-4-3-5-15(20)10-14)17(23-18(21)22-12)24-19(13(2)25)6-8-26-9-7-19/h3-5,10H,6-9,11H2,1-2H3,(H3,21,22,23,24). The van der Waals surface area contributed by atoms with E-state index in [4.69, 9.17) is 10.5 Å². The van der Waals surface area contributed by atoms with Gasteiger partial charge in [-0.1, -0.05) is 12.1 Å². The Morgan fingerprint density at radius 2 is 2.08 bits per heavy atom. The van der Waals surface area contributed by atoms with Crippen molar-refractivity contribution in [2.75, 3.05) is 24.3 Å². The van der Waals surface area contributed by atoms with Gasteiger partial charge in [0, 0.05) is 43.7 Å². The van der Waals surface area contributed by atoms with Crippen LogP contribution in [0.2, 0.25) is 0 Å². The molecule has 1 fully saturated rings. The van der Waals surface area contributed by atoms with Crippen LogP contribution >= 0.6 is 0 Å². The lowest BCUT2D eigenvalue weighted by molar-refractivity contribution is -0.124. The summed E-state index contributed by atoms with van der Waals surface area (Å²) in [5.74, 6) is 0.401. The number of aromatic nitrogens is 2. The second kappa shape index (κ2) is 7.37. The highest BCUT2D eigenvalue weighted by molar-refractivity contribution is 5.89. The molecule has 3 rings (SSSR count). The molecule has 1 saturated heterocycles. The van der Waals surface area contributed by atoms with Gasteiger partial charge in [0.1, 0.15) is 17.2 Å². The molecule has 1 aliphatic heterocycles. The van der Waals surface area contributed by atoms with Crippen LogP contribution in [0.1, 0.15) is 36.6 Å². The molecule has 0 unspecified atom stereocenters. The summed E-state index contributed by atoms with van der Waals surface area (Å²) < 4.78 is 19.0. The van der Waals surface area contributed by atoms with Crippen LogP contribution in [0.4, 0.5) is 16.2 Å². The van der Waals surface area contributed by atoms with Crippen LogP contribution < -0.4 is 11.1 Å². The van der Waals surface area contributed by atoms with Gasteiger partial charge in [-0.25, -0.2) is 9.37 Å². The Hall–Kier alpha value is -2.54. The number of Topliss-reactive ketones (excluding diaryl/α,β-unsaturated/α-hetero) is 1. The largest absolute Gasteiger partial charge is 0.381 e. The summed E-state index contributed by atoms with van der Waals surface area (Å²) in [6.45, 7) is 4.42. The number of ether oxygens (including phenoxy) is 1. The molecule has 26 heavy (non-hydrogen) atoms. The summed E-state index contributed by atoms with van der Waals surface area (Å²) in [6, 6.07) is 6.40. The van der Waals surface area contributed by atoms with Crippen molar-refractivity contribution in [2.45, 2.75) is 38.6 Å². The summed E-state index contributed by atoms with van der Waals surface area (Å²) in [6.07, 6.45) is 1.56. The summed E-state index contributed by atoms with van der Waals surface area (Å²) in [4.78, 5) is 20.9. The Bertz CT molecular complexity index is 819. The number of ketones is 1. The van der Waals surface area contributed by atoms with E-state index in [0.717, 1.165) is 11.1 Å². The first-order valence-corrected chi connectivity index (χ1v) is 8.64. The van der Waals surface area contributed by atoms with Crippen LogP contribution in [0.25, 0.3) is 0 Å². The summed E-state index contributed by atoms with van der Waals surface area (Å²) in [5.41, 5.74) is 7.41. The minimum atomic E-state index is -0.734. The molecule has 0 bridgehead atoms. The van der Waals surface area contributed by atoms with Gasteiger partial charge in [-0.3, -0.25) is 4.79 Å². The number of rotatable bonds is 5. The minimum absolute atomic E-state index is 0.0346. The third-order valence-electron chi connectivity index (χ3n) is 4.88. The number of hydrogen-bond donors (Lipinski definition) is 2. The van der Waals surface area contributed by atoms with Crippen molar-refractivity contribution >= 4 is 17.5 Å². The fourth-order valence-corrected chi connectivity index (χ4v) is 3.30. The molecule has 1 aromatic heterocycles. The number of hydrogen-bond acceptors (Lipinski definition) is 6.